The molecule has 1 heterocycles. The molecule has 1 aromatic carbocycles. The fraction of sp³-hybridized carbons (Fsp3) is 0.312. The van der Waals surface area contributed by atoms with Gasteiger partial charge in [0.05, 0.1) is 12.4 Å². The van der Waals surface area contributed by atoms with Crippen LogP contribution in [0, 0.1) is 11.7 Å². The molecule has 0 aliphatic rings. The molecular weight excluding hydrogens is 283 g/mol. The first-order chi connectivity index (χ1) is 10.5. The number of amides is 1. The molecule has 2 aromatic rings. The molecule has 1 aromatic heterocycles. The van der Waals surface area contributed by atoms with Crippen LogP contribution in [-0.4, -0.2) is 22.4 Å². The number of aromatic nitrogens is 2. The molecular formula is C16H19FN4O. The highest BCUT2D eigenvalue weighted by Gasteiger charge is 2.09. The van der Waals surface area contributed by atoms with Gasteiger partial charge in [0.2, 0.25) is 0 Å². The van der Waals surface area contributed by atoms with Gasteiger partial charge in [0.1, 0.15) is 17.3 Å². The molecule has 0 bridgehead atoms. The van der Waals surface area contributed by atoms with Crippen molar-refractivity contribution in [2.45, 2.75) is 20.3 Å². The Kier molecular flexibility index (Phi) is 5.41. The molecule has 2 N–H and O–H groups in total. The molecule has 116 valence electrons. The smallest absolute Gasteiger partial charge is 0.275 e. The van der Waals surface area contributed by atoms with Crippen molar-refractivity contribution in [3.63, 3.8) is 0 Å². The fourth-order valence-corrected chi connectivity index (χ4v) is 1.79. The van der Waals surface area contributed by atoms with Crippen molar-refractivity contribution >= 4 is 17.4 Å². The second-order valence-corrected chi connectivity index (χ2v) is 5.36. The zero-order valence-corrected chi connectivity index (χ0v) is 12.6. The summed E-state index contributed by atoms with van der Waals surface area (Å²) in [7, 11) is 0. The number of carbonyl (C=O) groups is 1. The maximum absolute atomic E-state index is 13.1. The Bertz CT molecular complexity index is 628. The minimum atomic E-state index is -0.424. The lowest BCUT2D eigenvalue weighted by Crippen LogP contribution is -2.15. The van der Waals surface area contributed by atoms with E-state index in [2.05, 4.69) is 34.4 Å². The Labute approximate surface area is 129 Å². The summed E-state index contributed by atoms with van der Waals surface area (Å²) in [6.45, 7) is 5.10. The molecule has 0 aliphatic carbocycles. The number of halogens is 1. The van der Waals surface area contributed by atoms with Crippen molar-refractivity contribution in [2.75, 3.05) is 17.2 Å². The first-order valence-corrected chi connectivity index (χ1v) is 7.17. The van der Waals surface area contributed by atoms with Crippen LogP contribution in [0.25, 0.3) is 0 Å². The van der Waals surface area contributed by atoms with E-state index in [-0.39, 0.29) is 5.69 Å². The second kappa shape index (κ2) is 7.49. The monoisotopic (exact) mass is 302 g/mol. The summed E-state index contributed by atoms with van der Waals surface area (Å²) < 4.78 is 13.1. The minimum Gasteiger partial charge on any atom is -0.369 e. The zero-order valence-electron chi connectivity index (χ0n) is 12.6. The van der Waals surface area contributed by atoms with Gasteiger partial charge >= 0.3 is 0 Å². The zero-order chi connectivity index (χ0) is 15.9. The van der Waals surface area contributed by atoms with E-state index in [1.54, 1.807) is 6.07 Å². The van der Waals surface area contributed by atoms with Crippen molar-refractivity contribution in [1.29, 1.82) is 0 Å². The maximum atomic E-state index is 13.1. The van der Waals surface area contributed by atoms with Crippen LogP contribution < -0.4 is 10.6 Å². The molecule has 0 atom stereocenters. The van der Waals surface area contributed by atoms with E-state index < -0.39 is 11.7 Å². The van der Waals surface area contributed by atoms with Gasteiger partial charge in [0, 0.05) is 12.2 Å². The molecule has 0 spiro atoms. The summed E-state index contributed by atoms with van der Waals surface area (Å²) in [5, 5.41) is 5.72. The van der Waals surface area contributed by atoms with Gasteiger partial charge in [0.15, 0.2) is 0 Å². The van der Waals surface area contributed by atoms with Crippen LogP contribution in [0.1, 0.15) is 30.8 Å². The first kappa shape index (κ1) is 15.9. The number of carbonyl (C=O) groups excluding carboxylic acids is 1. The lowest BCUT2D eigenvalue weighted by Gasteiger charge is -2.08. The molecule has 0 unspecified atom stereocenters. The van der Waals surface area contributed by atoms with Gasteiger partial charge in [-0.3, -0.25) is 4.79 Å². The number of hydrogen-bond donors (Lipinski definition) is 2. The molecule has 0 radical (unpaired) electrons. The molecule has 22 heavy (non-hydrogen) atoms. The molecule has 0 saturated heterocycles. The van der Waals surface area contributed by atoms with Gasteiger partial charge < -0.3 is 10.6 Å². The van der Waals surface area contributed by atoms with E-state index in [1.807, 2.05) is 0 Å². The van der Waals surface area contributed by atoms with Crippen molar-refractivity contribution in [2.24, 2.45) is 5.92 Å². The van der Waals surface area contributed by atoms with Gasteiger partial charge in [0.25, 0.3) is 5.91 Å². The summed E-state index contributed by atoms with van der Waals surface area (Å²) in [5.41, 5.74) is 0.560. The van der Waals surface area contributed by atoms with Gasteiger partial charge in [-0.25, -0.2) is 14.4 Å². The van der Waals surface area contributed by atoms with E-state index in [0.717, 1.165) is 13.0 Å². The van der Waals surface area contributed by atoms with Crippen molar-refractivity contribution in [1.82, 2.24) is 9.97 Å². The highest BCUT2D eigenvalue weighted by molar-refractivity contribution is 6.02. The van der Waals surface area contributed by atoms with E-state index in [0.29, 0.717) is 17.4 Å². The molecule has 0 saturated carbocycles. The van der Waals surface area contributed by atoms with E-state index in [4.69, 9.17) is 0 Å². The molecule has 1 amide bonds. The fourth-order valence-electron chi connectivity index (χ4n) is 1.79. The van der Waals surface area contributed by atoms with Crippen LogP contribution >= 0.6 is 0 Å². The van der Waals surface area contributed by atoms with Crippen LogP contribution in [-0.2, 0) is 0 Å². The quantitative estimate of drug-likeness (QED) is 0.859. The largest absolute Gasteiger partial charge is 0.369 e. The molecule has 6 heteroatoms. The standard InChI is InChI=1S/C16H19FN4O/c1-11(2)6-7-18-15-10-19-14(9-20-15)16(22)21-13-5-3-4-12(17)8-13/h3-5,8-11H,6-7H2,1-2H3,(H,18,20)(H,21,22). The average molecular weight is 302 g/mol. The number of nitrogens with zero attached hydrogens (tertiary/aromatic N) is 2. The number of anilines is 2. The number of rotatable bonds is 6. The SMILES string of the molecule is CC(C)CCNc1cnc(C(=O)Nc2cccc(F)c2)cn1. The van der Waals surface area contributed by atoms with Gasteiger partial charge in [-0.15, -0.1) is 0 Å². The van der Waals surface area contributed by atoms with Crippen molar-refractivity contribution < 1.29 is 9.18 Å². The Balaban J connectivity index is 1.93. The van der Waals surface area contributed by atoms with Gasteiger partial charge in [-0.05, 0) is 30.5 Å². The van der Waals surface area contributed by atoms with E-state index in [9.17, 15) is 9.18 Å². The Morgan fingerprint density at radius 2 is 2.09 bits per heavy atom. The Morgan fingerprint density at radius 3 is 2.73 bits per heavy atom. The predicted molar refractivity (Wildman–Crippen MR) is 84.3 cm³/mol. The van der Waals surface area contributed by atoms with Crippen molar-refractivity contribution in [3.8, 4) is 0 Å². The lowest BCUT2D eigenvalue weighted by atomic mass is 10.1. The summed E-state index contributed by atoms with van der Waals surface area (Å²) in [6, 6.07) is 5.69. The van der Waals surface area contributed by atoms with Crippen LogP contribution in [0.3, 0.4) is 0 Å². The molecule has 0 fully saturated rings. The molecule has 2 rings (SSSR count). The van der Waals surface area contributed by atoms with Crippen LogP contribution in [0.4, 0.5) is 15.9 Å². The summed E-state index contributed by atoms with van der Waals surface area (Å²) in [6.07, 6.45) is 3.94. The normalized spacial score (nSPS) is 10.5. The van der Waals surface area contributed by atoms with Gasteiger partial charge in [-0.1, -0.05) is 19.9 Å². The van der Waals surface area contributed by atoms with E-state index >= 15 is 0 Å². The maximum Gasteiger partial charge on any atom is 0.275 e. The van der Waals surface area contributed by atoms with E-state index in [1.165, 1.54) is 30.6 Å². The summed E-state index contributed by atoms with van der Waals surface area (Å²) in [4.78, 5) is 20.2. The summed E-state index contributed by atoms with van der Waals surface area (Å²) >= 11 is 0. The van der Waals surface area contributed by atoms with Crippen LogP contribution in [0.15, 0.2) is 36.7 Å². The highest BCUT2D eigenvalue weighted by Crippen LogP contribution is 2.11. The predicted octanol–water partition coefficient (Wildman–Crippen LogP) is 3.33. The lowest BCUT2D eigenvalue weighted by molar-refractivity contribution is 0.102. The number of nitrogens with one attached hydrogen (secondary N) is 2. The van der Waals surface area contributed by atoms with Crippen molar-refractivity contribution in [3.05, 3.63) is 48.2 Å². The Hall–Kier alpha value is -2.50. The number of benzene rings is 1. The Morgan fingerprint density at radius 1 is 1.27 bits per heavy atom. The third kappa shape index (κ3) is 4.80. The third-order valence-corrected chi connectivity index (χ3v) is 2.99. The van der Waals surface area contributed by atoms with Crippen LogP contribution in [0.2, 0.25) is 0 Å². The topological polar surface area (TPSA) is 66.9 Å². The van der Waals surface area contributed by atoms with Gasteiger partial charge in [-0.2, -0.15) is 0 Å². The first-order valence-electron chi connectivity index (χ1n) is 7.17. The van der Waals surface area contributed by atoms with Crippen LogP contribution in [0.5, 0.6) is 0 Å². The minimum absolute atomic E-state index is 0.179. The number of hydrogen-bond acceptors (Lipinski definition) is 4. The molecule has 5 nitrogen and oxygen atoms in total. The molecule has 0 aliphatic heterocycles. The second-order valence-electron chi connectivity index (χ2n) is 5.36. The summed E-state index contributed by atoms with van der Waals surface area (Å²) in [5.74, 6) is 0.403. The average Bonchev–Trinajstić information content (AvgIpc) is 2.47. The third-order valence-electron chi connectivity index (χ3n) is 2.99. The highest BCUT2D eigenvalue weighted by atomic mass is 19.1.